The largest absolute Gasteiger partial charge is 0.497 e. The maximum absolute atomic E-state index is 13.2. The van der Waals surface area contributed by atoms with Crippen LogP contribution in [0.4, 0.5) is 0 Å². The number of carbonyl (C=O) groups excluding carboxylic acids is 2. The highest BCUT2D eigenvalue weighted by atomic mass is 35.5. The minimum Gasteiger partial charge on any atom is -0.497 e. The average Bonchev–Trinajstić information content (AvgIpc) is 3.10. The number of methoxy groups -OCH3 is 1. The van der Waals surface area contributed by atoms with Crippen LogP contribution in [0.15, 0.2) is 83.5 Å². The molecule has 0 bridgehead atoms. The van der Waals surface area contributed by atoms with E-state index in [4.69, 9.17) is 27.9 Å². The summed E-state index contributed by atoms with van der Waals surface area (Å²) in [6.07, 6.45) is 1.64. The normalized spacial score (nSPS) is 14.5. The maximum atomic E-state index is 13.2. The standard InChI is InChI=1S/C24H17Cl2N3O3/c1-32-18-10-7-15(8-11-18)13-21-24(31)29(22(27-21)16-5-3-2-4-6-16)28-23(30)19-12-9-17(25)14-20(19)26/h2-14H,1H3,(H,28,30)/b21-13+. The molecule has 0 aromatic heterocycles. The molecule has 1 aliphatic rings. The summed E-state index contributed by atoms with van der Waals surface area (Å²) in [6.45, 7) is 0. The highest BCUT2D eigenvalue weighted by Gasteiger charge is 2.33. The zero-order valence-corrected chi connectivity index (χ0v) is 18.4. The molecule has 0 unspecified atom stereocenters. The first-order valence-electron chi connectivity index (χ1n) is 9.56. The molecule has 3 aromatic carbocycles. The minimum atomic E-state index is -0.561. The molecule has 6 nitrogen and oxygen atoms in total. The molecule has 0 saturated heterocycles. The smallest absolute Gasteiger partial charge is 0.297 e. The van der Waals surface area contributed by atoms with Gasteiger partial charge in [0.2, 0.25) is 0 Å². The lowest BCUT2D eigenvalue weighted by Crippen LogP contribution is -2.47. The summed E-state index contributed by atoms with van der Waals surface area (Å²) in [5.74, 6) is -0.0339. The third kappa shape index (κ3) is 4.51. The number of amides is 2. The van der Waals surface area contributed by atoms with E-state index in [1.54, 1.807) is 43.5 Å². The van der Waals surface area contributed by atoms with Gasteiger partial charge in [-0.2, -0.15) is 5.01 Å². The van der Waals surface area contributed by atoms with Crippen molar-refractivity contribution in [2.24, 2.45) is 4.99 Å². The molecule has 160 valence electrons. The van der Waals surface area contributed by atoms with E-state index >= 15 is 0 Å². The predicted molar refractivity (Wildman–Crippen MR) is 125 cm³/mol. The van der Waals surface area contributed by atoms with E-state index in [1.165, 1.54) is 12.1 Å². The lowest BCUT2D eigenvalue weighted by atomic mass is 10.2. The van der Waals surface area contributed by atoms with Gasteiger partial charge in [0.25, 0.3) is 11.8 Å². The SMILES string of the molecule is COc1ccc(/C=C2/N=C(c3ccccc3)N(NC(=O)c3ccc(Cl)cc3Cl)C2=O)cc1. The van der Waals surface area contributed by atoms with E-state index < -0.39 is 11.8 Å². The average molecular weight is 466 g/mol. The third-order valence-corrected chi connectivity index (χ3v) is 5.25. The van der Waals surface area contributed by atoms with E-state index in [0.29, 0.717) is 22.2 Å². The van der Waals surface area contributed by atoms with Crippen LogP contribution in [-0.2, 0) is 4.79 Å². The van der Waals surface area contributed by atoms with Crippen LogP contribution in [0.5, 0.6) is 5.75 Å². The van der Waals surface area contributed by atoms with Crippen molar-refractivity contribution in [2.45, 2.75) is 0 Å². The molecule has 1 heterocycles. The molecule has 1 N–H and O–H groups in total. The summed E-state index contributed by atoms with van der Waals surface area (Å²) in [7, 11) is 1.58. The van der Waals surface area contributed by atoms with Crippen molar-refractivity contribution in [1.29, 1.82) is 0 Å². The van der Waals surface area contributed by atoms with Crippen molar-refractivity contribution in [1.82, 2.24) is 10.4 Å². The number of nitrogens with zero attached hydrogens (tertiary/aromatic N) is 2. The Kier molecular flexibility index (Phi) is 6.25. The summed E-state index contributed by atoms with van der Waals surface area (Å²) >= 11 is 12.1. The summed E-state index contributed by atoms with van der Waals surface area (Å²) in [6, 6.07) is 20.8. The Morgan fingerprint density at radius 1 is 1.03 bits per heavy atom. The second kappa shape index (κ2) is 9.26. The van der Waals surface area contributed by atoms with Crippen molar-refractivity contribution in [2.75, 3.05) is 7.11 Å². The third-order valence-electron chi connectivity index (χ3n) is 4.70. The zero-order valence-electron chi connectivity index (χ0n) is 16.9. The number of benzene rings is 3. The monoisotopic (exact) mass is 465 g/mol. The lowest BCUT2D eigenvalue weighted by molar-refractivity contribution is -0.124. The van der Waals surface area contributed by atoms with Gasteiger partial charge in [-0.05, 0) is 42.0 Å². The van der Waals surface area contributed by atoms with Gasteiger partial charge in [-0.3, -0.25) is 15.0 Å². The zero-order chi connectivity index (χ0) is 22.7. The quantitative estimate of drug-likeness (QED) is 0.540. The lowest BCUT2D eigenvalue weighted by Gasteiger charge is -2.19. The number of carbonyl (C=O) groups is 2. The Morgan fingerprint density at radius 2 is 1.75 bits per heavy atom. The Hall–Kier alpha value is -3.61. The van der Waals surface area contributed by atoms with Crippen LogP contribution < -0.4 is 10.2 Å². The molecule has 0 fully saturated rings. The fourth-order valence-electron chi connectivity index (χ4n) is 3.09. The van der Waals surface area contributed by atoms with Gasteiger partial charge < -0.3 is 4.74 Å². The fraction of sp³-hybridized carbons (Fsp3) is 0.0417. The number of rotatable bonds is 5. The van der Waals surface area contributed by atoms with Crippen LogP contribution in [0.3, 0.4) is 0 Å². The summed E-state index contributed by atoms with van der Waals surface area (Å²) in [4.78, 5) is 30.5. The Labute approximate surface area is 194 Å². The van der Waals surface area contributed by atoms with Crippen molar-refractivity contribution >= 4 is 46.9 Å². The first-order chi connectivity index (χ1) is 15.5. The van der Waals surface area contributed by atoms with Crippen LogP contribution in [-0.4, -0.2) is 29.8 Å². The molecular formula is C24H17Cl2N3O3. The van der Waals surface area contributed by atoms with Gasteiger partial charge in [-0.25, -0.2) is 4.99 Å². The first-order valence-corrected chi connectivity index (χ1v) is 10.3. The molecule has 8 heteroatoms. The second-order valence-corrected chi connectivity index (χ2v) is 7.65. The highest BCUT2D eigenvalue weighted by molar-refractivity contribution is 6.36. The summed E-state index contributed by atoms with van der Waals surface area (Å²) in [5.41, 5.74) is 4.41. The highest BCUT2D eigenvalue weighted by Crippen LogP contribution is 2.24. The summed E-state index contributed by atoms with van der Waals surface area (Å²) < 4.78 is 5.17. The number of hydrogen-bond donors (Lipinski definition) is 1. The predicted octanol–water partition coefficient (Wildman–Crippen LogP) is 4.98. The van der Waals surface area contributed by atoms with Gasteiger partial charge in [0.05, 0.1) is 17.7 Å². The Bertz CT molecular complexity index is 1240. The van der Waals surface area contributed by atoms with Gasteiger partial charge >= 0.3 is 0 Å². The Morgan fingerprint density at radius 3 is 2.41 bits per heavy atom. The topological polar surface area (TPSA) is 71.0 Å². The van der Waals surface area contributed by atoms with Crippen LogP contribution >= 0.6 is 23.2 Å². The summed E-state index contributed by atoms with van der Waals surface area (Å²) in [5, 5.41) is 1.70. The second-order valence-electron chi connectivity index (χ2n) is 6.81. The maximum Gasteiger partial charge on any atom is 0.297 e. The first kappa shape index (κ1) is 21.6. The van der Waals surface area contributed by atoms with Crippen LogP contribution in [0.1, 0.15) is 21.5 Å². The molecule has 2 amide bonds. The molecule has 3 aromatic rings. The molecule has 0 aliphatic carbocycles. The van der Waals surface area contributed by atoms with Gasteiger partial charge in [-0.15, -0.1) is 0 Å². The number of nitrogens with one attached hydrogen (secondary N) is 1. The molecule has 0 atom stereocenters. The van der Waals surface area contributed by atoms with E-state index in [0.717, 1.165) is 10.6 Å². The van der Waals surface area contributed by atoms with E-state index in [9.17, 15) is 9.59 Å². The van der Waals surface area contributed by atoms with Crippen molar-refractivity contribution in [3.05, 3.63) is 105 Å². The number of halogens is 2. The van der Waals surface area contributed by atoms with Gasteiger partial charge in [0.1, 0.15) is 11.4 Å². The van der Waals surface area contributed by atoms with E-state index in [2.05, 4.69) is 10.4 Å². The number of amidine groups is 1. The Balaban J connectivity index is 1.68. The van der Waals surface area contributed by atoms with Crippen molar-refractivity contribution in [3.8, 4) is 5.75 Å². The van der Waals surface area contributed by atoms with Gasteiger partial charge in [-0.1, -0.05) is 65.7 Å². The number of ether oxygens (including phenoxy) is 1. The van der Waals surface area contributed by atoms with Crippen LogP contribution in [0, 0.1) is 0 Å². The molecule has 32 heavy (non-hydrogen) atoms. The number of hydrogen-bond acceptors (Lipinski definition) is 4. The molecule has 1 aliphatic heterocycles. The number of hydrazine groups is 1. The van der Waals surface area contributed by atoms with E-state index in [-0.39, 0.29) is 16.3 Å². The van der Waals surface area contributed by atoms with Crippen molar-refractivity contribution < 1.29 is 14.3 Å². The molecular weight excluding hydrogens is 449 g/mol. The van der Waals surface area contributed by atoms with Gasteiger partial charge in [0, 0.05) is 10.6 Å². The molecule has 4 rings (SSSR count). The van der Waals surface area contributed by atoms with E-state index in [1.807, 2.05) is 30.3 Å². The molecule has 0 saturated carbocycles. The van der Waals surface area contributed by atoms with Crippen LogP contribution in [0.2, 0.25) is 10.0 Å². The number of aliphatic imine (C=N–C) groups is 1. The molecule has 0 spiro atoms. The molecule has 0 radical (unpaired) electrons. The minimum absolute atomic E-state index is 0.175. The van der Waals surface area contributed by atoms with Crippen molar-refractivity contribution in [3.63, 3.8) is 0 Å². The van der Waals surface area contributed by atoms with Crippen LogP contribution in [0.25, 0.3) is 6.08 Å². The van der Waals surface area contributed by atoms with Gasteiger partial charge in [0.15, 0.2) is 5.84 Å². The fourth-order valence-corrected chi connectivity index (χ4v) is 3.59.